The summed E-state index contributed by atoms with van der Waals surface area (Å²) >= 11 is 0. The molecule has 1 aliphatic heterocycles. The van der Waals surface area contributed by atoms with Crippen LogP contribution in [0.5, 0.6) is 0 Å². The fraction of sp³-hybridized carbons (Fsp3) is 0.500. The highest BCUT2D eigenvalue weighted by molar-refractivity contribution is 5.45. The van der Waals surface area contributed by atoms with Crippen molar-refractivity contribution in [1.82, 2.24) is 9.55 Å². The average molecular weight is 267 g/mol. The van der Waals surface area contributed by atoms with E-state index >= 15 is 0 Å². The van der Waals surface area contributed by atoms with Crippen molar-refractivity contribution < 1.29 is 14.9 Å². The van der Waals surface area contributed by atoms with E-state index in [1.807, 2.05) is 13.8 Å². The molecule has 0 saturated heterocycles. The minimum atomic E-state index is -1.14. The third-order valence-corrected chi connectivity index (χ3v) is 3.38. The molecule has 19 heavy (non-hydrogen) atoms. The van der Waals surface area contributed by atoms with Gasteiger partial charge < -0.3 is 20.7 Å². The van der Waals surface area contributed by atoms with E-state index in [1.54, 1.807) is 0 Å². The Morgan fingerprint density at radius 3 is 2.79 bits per heavy atom. The molecule has 0 amide bonds. The zero-order valence-corrected chi connectivity index (χ0v) is 10.8. The maximum absolute atomic E-state index is 11.7. The minimum Gasteiger partial charge on any atom is -0.466 e. The molecule has 2 heterocycles. The van der Waals surface area contributed by atoms with Gasteiger partial charge in [0.1, 0.15) is 11.9 Å². The molecule has 7 nitrogen and oxygen atoms in total. The fourth-order valence-corrected chi connectivity index (χ4v) is 2.05. The van der Waals surface area contributed by atoms with E-state index in [4.69, 9.17) is 10.5 Å². The molecule has 0 bridgehead atoms. The van der Waals surface area contributed by atoms with E-state index in [2.05, 4.69) is 4.98 Å². The molecule has 0 fully saturated rings. The highest BCUT2D eigenvalue weighted by Gasteiger charge is 2.47. The van der Waals surface area contributed by atoms with Crippen LogP contribution in [0.15, 0.2) is 23.1 Å². The molecule has 2 atom stereocenters. The lowest BCUT2D eigenvalue weighted by atomic mass is 9.86. The first-order valence-corrected chi connectivity index (χ1v) is 5.96. The molecule has 7 heteroatoms. The highest BCUT2D eigenvalue weighted by Crippen LogP contribution is 2.36. The average Bonchev–Trinajstić information content (AvgIpc) is 2.67. The van der Waals surface area contributed by atoms with Crippen LogP contribution in [0.1, 0.15) is 13.8 Å². The summed E-state index contributed by atoms with van der Waals surface area (Å²) in [6.45, 7) is 3.28. The third kappa shape index (κ3) is 2.11. The number of rotatable bonds is 3. The summed E-state index contributed by atoms with van der Waals surface area (Å²) in [5, 5.41) is 19.6. The molecule has 0 radical (unpaired) electrons. The fourth-order valence-electron chi connectivity index (χ4n) is 2.05. The second-order valence-electron chi connectivity index (χ2n) is 4.82. The molecular formula is C12H17N3O4. The van der Waals surface area contributed by atoms with Crippen LogP contribution in [-0.4, -0.2) is 38.1 Å². The van der Waals surface area contributed by atoms with Crippen LogP contribution in [0.3, 0.4) is 0 Å². The first-order chi connectivity index (χ1) is 8.90. The van der Waals surface area contributed by atoms with Crippen molar-refractivity contribution in [3.8, 4) is 0 Å². The van der Waals surface area contributed by atoms with Crippen molar-refractivity contribution in [3.63, 3.8) is 0 Å². The quantitative estimate of drug-likeness (QED) is 0.674. The van der Waals surface area contributed by atoms with Gasteiger partial charge in [0, 0.05) is 12.3 Å². The van der Waals surface area contributed by atoms with Gasteiger partial charge in [-0.1, -0.05) is 13.8 Å². The molecule has 0 aromatic carbocycles. The van der Waals surface area contributed by atoms with Crippen LogP contribution in [0.4, 0.5) is 5.82 Å². The molecule has 4 N–H and O–H groups in total. The van der Waals surface area contributed by atoms with E-state index in [1.165, 1.54) is 18.3 Å². The Morgan fingerprint density at radius 1 is 1.63 bits per heavy atom. The van der Waals surface area contributed by atoms with Crippen molar-refractivity contribution in [1.29, 1.82) is 0 Å². The molecule has 104 valence electrons. The van der Waals surface area contributed by atoms with Gasteiger partial charge in [-0.25, -0.2) is 9.36 Å². The number of nitrogens with two attached hydrogens (primary N) is 1. The molecule has 0 unspecified atom stereocenters. The summed E-state index contributed by atoms with van der Waals surface area (Å²) in [4.78, 5) is 15.3. The van der Waals surface area contributed by atoms with E-state index < -0.39 is 17.4 Å². The molecule has 2 rings (SSSR count). The SMILES string of the molecule is CC(C)[C@]1(CO)OC(n2ccc(N)nc2=O)=C[C@@H]1O. The van der Waals surface area contributed by atoms with Crippen molar-refractivity contribution in [2.45, 2.75) is 25.6 Å². The topological polar surface area (TPSA) is 111 Å². The molecule has 0 spiro atoms. The summed E-state index contributed by atoms with van der Waals surface area (Å²) in [7, 11) is 0. The maximum Gasteiger partial charge on any atom is 0.356 e. The van der Waals surface area contributed by atoms with Gasteiger partial charge in [0.05, 0.1) is 6.61 Å². The van der Waals surface area contributed by atoms with E-state index in [9.17, 15) is 15.0 Å². The van der Waals surface area contributed by atoms with Gasteiger partial charge in [-0.3, -0.25) is 0 Å². The van der Waals surface area contributed by atoms with Crippen molar-refractivity contribution in [2.75, 3.05) is 12.3 Å². The van der Waals surface area contributed by atoms with Gasteiger partial charge in [-0.2, -0.15) is 4.98 Å². The van der Waals surface area contributed by atoms with Crippen LogP contribution < -0.4 is 11.4 Å². The van der Waals surface area contributed by atoms with Crippen LogP contribution >= 0.6 is 0 Å². The predicted octanol–water partition coefficient (Wildman–Crippen LogP) is -0.598. The minimum absolute atomic E-state index is 0.109. The van der Waals surface area contributed by atoms with Gasteiger partial charge in [0.15, 0.2) is 5.60 Å². The van der Waals surface area contributed by atoms with Crippen LogP contribution in [0.2, 0.25) is 0 Å². The number of nitrogens with zero attached hydrogens (tertiary/aromatic N) is 2. The third-order valence-electron chi connectivity index (χ3n) is 3.38. The number of aliphatic hydroxyl groups excluding tert-OH is 2. The van der Waals surface area contributed by atoms with Gasteiger partial charge in [0.2, 0.25) is 5.88 Å². The molecular weight excluding hydrogens is 250 g/mol. The number of nitrogen functional groups attached to an aromatic ring is 1. The van der Waals surface area contributed by atoms with Crippen LogP contribution in [0.25, 0.3) is 5.88 Å². The predicted molar refractivity (Wildman–Crippen MR) is 68.9 cm³/mol. The van der Waals surface area contributed by atoms with Crippen LogP contribution in [0, 0.1) is 5.92 Å². The number of ether oxygens (including phenoxy) is 1. The summed E-state index contributed by atoms with van der Waals surface area (Å²) in [6, 6.07) is 1.45. The Hall–Kier alpha value is -1.86. The monoisotopic (exact) mass is 267 g/mol. The smallest absolute Gasteiger partial charge is 0.356 e. The Labute approximate surface area is 110 Å². The maximum atomic E-state index is 11.7. The summed E-state index contributed by atoms with van der Waals surface area (Å²) in [6.07, 6.45) is 1.80. The Kier molecular flexibility index (Phi) is 3.34. The Balaban J connectivity index is 2.39. The second kappa shape index (κ2) is 4.67. The highest BCUT2D eigenvalue weighted by atomic mass is 16.5. The standard InChI is InChI=1S/C12H17N3O4/c1-7(2)12(6-16)8(17)5-10(19-12)15-4-3-9(13)14-11(15)18/h3-5,7-8,16-17H,6H2,1-2H3,(H2,13,14,18)/t8-,12-/m0/s1. The number of aromatic nitrogens is 2. The van der Waals surface area contributed by atoms with Crippen LogP contribution in [-0.2, 0) is 4.74 Å². The van der Waals surface area contributed by atoms with E-state index in [0.29, 0.717) is 0 Å². The Bertz CT molecular complexity index is 566. The van der Waals surface area contributed by atoms with E-state index in [-0.39, 0.29) is 24.2 Å². The molecule has 1 aliphatic rings. The van der Waals surface area contributed by atoms with Crippen molar-refractivity contribution in [2.24, 2.45) is 5.92 Å². The normalized spacial score (nSPS) is 26.4. The van der Waals surface area contributed by atoms with Gasteiger partial charge >= 0.3 is 5.69 Å². The van der Waals surface area contributed by atoms with E-state index in [0.717, 1.165) is 4.57 Å². The summed E-state index contributed by atoms with van der Waals surface area (Å²) < 4.78 is 6.76. The summed E-state index contributed by atoms with van der Waals surface area (Å²) in [5.74, 6) is 0.115. The number of aliphatic hydroxyl groups is 2. The van der Waals surface area contributed by atoms with Gasteiger partial charge in [-0.15, -0.1) is 0 Å². The number of hydrogen-bond acceptors (Lipinski definition) is 6. The van der Waals surface area contributed by atoms with Crippen molar-refractivity contribution >= 4 is 11.7 Å². The lowest BCUT2D eigenvalue weighted by molar-refractivity contribution is -0.0992. The molecule has 0 saturated carbocycles. The number of hydrogen-bond donors (Lipinski definition) is 3. The molecule has 1 aromatic rings. The second-order valence-corrected chi connectivity index (χ2v) is 4.82. The molecule has 1 aromatic heterocycles. The Morgan fingerprint density at radius 2 is 2.32 bits per heavy atom. The van der Waals surface area contributed by atoms with Gasteiger partial charge in [0.25, 0.3) is 0 Å². The zero-order valence-electron chi connectivity index (χ0n) is 10.8. The first-order valence-electron chi connectivity index (χ1n) is 5.96. The number of anilines is 1. The lowest BCUT2D eigenvalue weighted by Crippen LogP contribution is -2.48. The van der Waals surface area contributed by atoms with Gasteiger partial charge in [-0.05, 0) is 12.0 Å². The lowest BCUT2D eigenvalue weighted by Gasteiger charge is -2.34. The first kappa shape index (κ1) is 13.6. The summed E-state index contributed by atoms with van der Waals surface area (Å²) in [5.41, 5.74) is 3.66. The largest absolute Gasteiger partial charge is 0.466 e. The molecule has 0 aliphatic carbocycles. The van der Waals surface area contributed by atoms with Crippen molar-refractivity contribution in [3.05, 3.63) is 28.8 Å². The zero-order chi connectivity index (χ0) is 14.2.